The van der Waals surface area contributed by atoms with Crippen LogP contribution in [0.3, 0.4) is 0 Å². The van der Waals surface area contributed by atoms with E-state index in [1.165, 1.54) is 12.0 Å². The van der Waals surface area contributed by atoms with Crippen LogP contribution in [0.5, 0.6) is 0 Å². The van der Waals surface area contributed by atoms with Crippen LogP contribution in [0.4, 0.5) is 5.95 Å². The van der Waals surface area contributed by atoms with Gasteiger partial charge in [-0.05, 0) is 43.5 Å². The fraction of sp³-hybridized carbons (Fsp3) is 0.438. The summed E-state index contributed by atoms with van der Waals surface area (Å²) in [5.74, 6) is 0.758. The smallest absolute Gasteiger partial charge is 0.225 e. The number of hydrogen-bond donors (Lipinski definition) is 1. The molecule has 1 aliphatic rings. The molecular formula is C16H21N5. The maximum absolute atomic E-state index is 4.80. The van der Waals surface area contributed by atoms with Crippen molar-refractivity contribution in [2.24, 2.45) is 0 Å². The molecule has 1 N–H and O–H groups in total. The Morgan fingerprint density at radius 1 is 1.24 bits per heavy atom. The SMILES string of the molecule is Cc1cnccc1-c1cnc(N(C)C)nc1[C@@H]1CCCN1. The van der Waals surface area contributed by atoms with E-state index in [2.05, 4.69) is 22.2 Å². The minimum atomic E-state index is 0.314. The zero-order valence-corrected chi connectivity index (χ0v) is 12.8. The highest BCUT2D eigenvalue weighted by atomic mass is 15.2. The van der Waals surface area contributed by atoms with E-state index in [1.54, 1.807) is 0 Å². The van der Waals surface area contributed by atoms with Gasteiger partial charge >= 0.3 is 0 Å². The van der Waals surface area contributed by atoms with E-state index < -0.39 is 0 Å². The van der Waals surface area contributed by atoms with Gasteiger partial charge in [0, 0.05) is 38.2 Å². The Bertz CT molecular complexity index is 632. The standard InChI is InChI=1S/C16H21N5/c1-11-9-17-8-6-12(11)13-10-19-16(21(2)3)20-15(13)14-5-4-7-18-14/h6,8-10,14,18H,4-5,7H2,1-3H3/t14-/m0/s1. The van der Waals surface area contributed by atoms with Gasteiger partial charge in [-0.3, -0.25) is 4.98 Å². The summed E-state index contributed by atoms with van der Waals surface area (Å²) in [7, 11) is 3.94. The van der Waals surface area contributed by atoms with Gasteiger partial charge in [-0.1, -0.05) is 0 Å². The Kier molecular flexibility index (Phi) is 3.84. The van der Waals surface area contributed by atoms with E-state index in [0.717, 1.165) is 35.7 Å². The van der Waals surface area contributed by atoms with Gasteiger partial charge in [0.2, 0.25) is 5.95 Å². The number of aryl methyl sites for hydroxylation is 1. The zero-order valence-electron chi connectivity index (χ0n) is 12.8. The van der Waals surface area contributed by atoms with Gasteiger partial charge in [0.1, 0.15) is 0 Å². The lowest BCUT2D eigenvalue weighted by atomic mass is 9.98. The van der Waals surface area contributed by atoms with Gasteiger partial charge in [-0.25, -0.2) is 9.97 Å². The summed E-state index contributed by atoms with van der Waals surface area (Å²) in [6, 6.07) is 2.36. The monoisotopic (exact) mass is 283 g/mol. The van der Waals surface area contributed by atoms with Crippen molar-refractivity contribution in [3.05, 3.63) is 35.9 Å². The van der Waals surface area contributed by atoms with Crippen LogP contribution in [0, 0.1) is 6.92 Å². The summed E-state index contributed by atoms with van der Waals surface area (Å²) in [4.78, 5) is 15.4. The molecule has 0 aromatic carbocycles. The van der Waals surface area contributed by atoms with Crippen molar-refractivity contribution >= 4 is 5.95 Å². The Labute approximate surface area is 125 Å². The molecule has 3 heterocycles. The molecule has 0 bridgehead atoms. The molecule has 0 amide bonds. The highest BCUT2D eigenvalue weighted by molar-refractivity contribution is 5.69. The molecule has 1 saturated heterocycles. The normalized spacial score (nSPS) is 18.0. The van der Waals surface area contributed by atoms with E-state index in [9.17, 15) is 0 Å². The minimum absolute atomic E-state index is 0.314. The predicted molar refractivity (Wildman–Crippen MR) is 84.3 cm³/mol. The van der Waals surface area contributed by atoms with Crippen LogP contribution in [-0.4, -0.2) is 35.6 Å². The van der Waals surface area contributed by atoms with Crippen LogP contribution in [0.2, 0.25) is 0 Å². The average Bonchev–Trinajstić information content (AvgIpc) is 3.01. The summed E-state index contributed by atoms with van der Waals surface area (Å²) < 4.78 is 0. The van der Waals surface area contributed by atoms with E-state index in [4.69, 9.17) is 4.98 Å². The van der Waals surface area contributed by atoms with Crippen molar-refractivity contribution in [1.82, 2.24) is 20.3 Å². The third-order valence-corrected chi connectivity index (χ3v) is 3.91. The van der Waals surface area contributed by atoms with Crippen molar-refractivity contribution in [3.63, 3.8) is 0 Å². The van der Waals surface area contributed by atoms with Crippen LogP contribution < -0.4 is 10.2 Å². The lowest BCUT2D eigenvalue weighted by molar-refractivity contribution is 0.627. The second-order valence-corrected chi connectivity index (χ2v) is 5.70. The van der Waals surface area contributed by atoms with Gasteiger partial charge in [0.15, 0.2) is 0 Å². The van der Waals surface area contributed by atoms with Gasteiger partial charge < -0.3 is 10.2 Å². The molecule has 5 nitrogen and oxygen atoms in total. The van der Waals surface area contributed by atoms with Crippen molar-refractivity contribution in [2.45, 2.75) is 25.8 Å². The molecule has 1 fully saturated rings. The number of nitrogens with zero attached hydrogens (tertiary/aromatic N) is 4. The maximum Gasteiger partial charge on any atom is 0.225 e. The first-order valence-corrected chi connectivity index (χ1v) is 7.35. The van der Waals surface area contributed by atoms with E-state index in [0.29, 0.717) is 6.04 Å². The first kappa shape index (κ1) is 13.9. The Morgan fingerprint density at radius 3 is 2.76 bits per heavy atom. The van der Waals surface area contributed by atoms with Gasteiger partial charge in [-0.15, -0.1) is 0 Å². The number of hydrogen-bond acceptors (Lipinski definition) is 5. The van der Waals surface area contributed by atoms with E-state index >= 15 is 0 Å². The molecule has 5 heteroatoms. The number of rotatable bonds is 3. The summed E-state index contributed by atoms with van der Waals surface area (Å²) in [5.41, 5.74) is 4.53. The number of pyridine rings is 1. The molecule has 0 aliphatic carbocycles. The third kappa shape index (κ3) is 2.74. The molecule has 21 heavy (non-hydrogen) atoms. The van der Waals surface area contributed by atoms with E-state index in [1.807, 2.05) is 43.7 Å². The van der Waals surface area contributed by atoms with Crippen molar-refractivity contribution in [1.29, 1.82) is 0 Å². The van der Waals surface area contributed by atoms with Gasteiger partial charge in [0.25, 0.3) is 0 Å². The van der Waals surface area contributed by atoms with Gasteiger partial charge in [-0.2, -0.15) is 0 Å². The largest absolute Gasteiger partial charge is 0.347 e. The Balaban J connectivity index is 2.13. The quantitative estimate of drug-likeness (QED) is 0.937. The topological polar surface area (TPSA) is 53.9 Å². The Hall–Kier alpha value is -2.01. The van der Waals surface area contributed by atoms with Crippen LogP contribution >= 0.6 is 0 Å². The molecule has 0 unspecified atom stereocenters. The van der Waals surface area contributed by atoms with Crippen LogP contribution in [0.25, 0.3) is 11.1 Å². The summed E-state index contributed by atoms with van der Waals surface area (Å²) in [5, 5.41) is 3.54. The van der Waals surface area contributed by atoms with Crippen LogP contribution in [0.15, 0.2) is 24.7 Å². The highest BCUT2D eigenvalue weighted by Gasteiger charge is 2.23. The summed E-state index contributed by atoms with van der Waals surface area (Å²) in [6.07, 6.45) is 7.98. The molecule has 0 spiro atoms. The molecule has 1 atom stereocenters. The molecule has 3 rings (SSSR count). The Morgan fingerprint density at radius 2 is 2.10 bits per heavy atom. The first-order chi connectivity index (χ1) is 10.2. The average molecular weight is 283 g/mol. The fourth-order valence-electron chi connectivity index (χ4n) is 2.77. The predicted octanol–water partition coefficient (Wildman–Crippen LogP) is 2.34. The maximum atomic E-state index is 4.80. The lowest BCUT2D eigenvalue weighted by Gasteiger charge is -2.19. The third-order valence-electron chi connectivity index (χ3n) is 3.91. The first-order valence-electron chi connectivity index (χ1n) is 7.35. The zero-order chi connectivity index (χ0) is 14.8. The highest BCUT2D eigenvalue weighted by Crippen LogP contribution is 2.32. The molecule has 0 saturated carbocycles. The van der Waals surface area contributed by atoms with E-state index in [-0.39, 0.29) is 0 Å². The second kappa shape index (κ2) is 5.77. The van der Waals surface area contributed by atoms with Crippen molar-refractivity contribution in [3.8, 4) is 11.1 Å². The number of aromatic nitrogens is 3. The molecular weight excluding hydrogens is 262 g/mol. The molecule has 2 aromatic rings. The minimum Gasteiger partial charge on any atom is -0.347 e. The number of nitrogens with one attached hydrogen (secondary N) is 1. The summed E-state index contributed by atoms with van der Waals surface area (Å²) in [6.45, 7) is 3.13. The lowest BCUT2D eigenvalue weighted by Crippen LogP contribution is -2.19. The second-order valence-electron chi connectivity index (χ2n) is 5.70. The summed E-state index contributed by atoms with van der Waals surface area (Å²) >= 11 is 0. The molecule has 0 radical (unpaired) electrons. The fourth-order valence-corrected chi connectivity index (χ4v) is 2.77. The molecule has 2 aromatic heterocycles. The van der Waals surface area contributed by atoms with Crippen LogP contribution in [-0.2, 0) is 0 Å². The number of anilines is 1. The van der Waals surface area contributed by atoms with Gasteiger partial charge in [0.05, 0.1) is 11.7 Å². The van der Waals surface area contributed by atoms with Crippen molar-refractivity contribution in [2.75, 3.05) is 25.5 Å². The molecule has 110 valence electrons. The molecule has 1 aliphatic heterocycles. The van der Waals surface area contributed by atoms with Crippen LogP contribution in [0.1, 0.15) is 30.1 Å². The van der Waals surface area contributed by atoms with Crippen molar-refractivity contribution < 1.29 is 0 Å².